The van der Waals surface area contributed by atoms with Crippen molar-refractivity contribution in [1.29, 1.82) is 0 Å². The zero-order chi connectivity index (χ0) is 23.9. The lowest BCUT2D eigenvalue weighted by atomic mass is 10.1. The summed E-state index contributed by atoms with van der Waals surface area (Å²) in [4.78, 5) is 28.4. The van der Waals surface area contributed by atoms with Gasteiger partial charge in [-0.05, 0) is 29.8 Å². The maximum atomic E-state index is 12.0. The topological polar surface area (TPSA) is 122 Å². The second kappa shape index (κ2) is 10.9. The van der Waals surface area contributed by atoms with Gasteiger partial charge in [-0.1, -0.05) is 12.1 Å². The van der Waals surface area contributed by atoms with Gasteiger partial charge in [0.2, 0.25) is 12.5 Å². The lowest BCUT2D eigenvalue weighted by molar-refractivity contribution is 0.0841. The summed E-state index contributed by atoms with van der Waals surface area (Å²) in [5.74, 6) is 1.23. The SMILES string of the molecule is COc1cc(CN2CCN(CCOC(=O)NNC(=O)c3ccccc3O)CC2)cc2c1OCO2. The normalized spacial score (nSPS) is 15.6. The van der Waals surface area contributed by atoms with E-state index in [9.17, 15) is 14.7 Å². The van der Waals surface area contributed by atoms with Crippen LogP contribution < -0.4 is 25.1 Å². The fourth-order valence-corrected chi connectivity index (χ4v) is 3.85. The zero-order valence-electron chi connectivity index (χ0n) is 18.9. The molecule has 3 N–H and O–H groups in total. The Bertz CT molecular complexity index is 1020. The van der Waals surface area contributed by atoms with Crippen LogP contribution in [-0.2, 0) is 11.3 Å². The molecule has 11 heteroatoms. The first-order valence-electron chi connectivity index (χ1n) is 11.0. The number of phenols is 1. The summed E-state index contributed by atoms with van der Waals surface area (Å²) in [7, 11) is 1.62. The third-order valence-electron chi connectivity index (χ3n) is 5.66. The molecule has 0 radical (unpaired) electrons. The van der Waals surface area contributed by atoms with Gasteiger partial charge in [0.25, 0.3) is 5.91 Å². The van der Waals surface area contributed by atoms with Crippen molar-refractivity contribution in [1.82, 2.24) is 20.7 Å². The van der Waals surface area contributed by atoms with Gasteiger partial charge < -0.3 is 24.1 Å². The quantitative estimate of drug-likeness (QED) is 0.512. The van der Waals surface area contributed by atoms with Gasteiger partial charge in [-0.25, -0.2) is 10.2 Å². The van der Waals surface area contributed by atoms with Gasteiger partial charge in [0.15, 0.2) is 11.5 Å². The van der Waals surface area contributed by atoms with Crippen LogP contribution in [0, 0.1) is 0 Å². The van der Waals surface area contributed by atoms with E-state index in [1.807, 2.05) is 12.1 Å². The van der Waals surface area contributed by atoms with Crippen molar-refractivity contribution in [3.8, 4) is 23.0 Å². The third kappa shape index (κ3) is 5.80. The number of carbonyl (C=O) groups excluding carboxylic acids is 2. The predicted molar refractivity (Wildman–Crippen MR) is 121 cm³/mol. The van der Waals surface area contributed by atoms with Crippen LogP contribution in [0.25, 0.3) is 0 Å². The number of rotatable bonds is 7. The highest BCUT2D eigenvalue weighted by Crippen LogP contribution is 2.42. The number of piperazine rings is 1. The Morgan fingerprint density at radius 3 is 2.59 bits per heavy atom. The van der Waals surface area contributed by atoms with Gasteiger partial charge in [0.1, 0.15) is 12.4 Å². The average Bonchev–Trinajstić information content (AvgIpc) is 3.32. The monoisotopic (exact) mass is 472 g/mol. The highest BCUT2D eigenvalue weighted by atomic mass is 16.7. The summed E-state index contributed by atoms with van der Waals surface area (Å²) in [5, 5.41) is 9.66. The van der Waals surface area contributed by atoms with Gasteiger partial charge in [0.05, 0.1) is 12.7 Å². The number of fused-ring (bicyclic) bond motifs is 1. The number of hydrazine groups is 1. The van der Waals surface area contributed by atoms with E-state index in [4.69, 9.17) is 18.9 Å². The van der Waals surface area contributed by atoms with E-state index in [-0.39, 0.29) is 24.7 Å². The van der Waals surface area contributed by atoms with Gasteiger partial charge >= 0.3 is 6.09 Å². The average molecular weight is 472 g/mol. The molecule has 0 saturated carbocycles. The number of methoxy groups -OCH3 is 1. The molecule has 2 aliphatic rings. The van der Waals surface area contributed by atoms with E-state index < -0.39 is 12.0 Å². The molecule has 1 saturated heterocycles. The second-order valence-electron chi connectivity index (χ2n) is 7.88. The summed E-state index contributed by atoms with van der Waals surface area (Å²) in [6, 6.07) is 10.0. The number of nitrogens with one attached hydrogen (secondary N) is 2. The summed E-state index contributed by atoms with van der Waals surface area (Å²) in [5.41, 5.74) is 5.54. The van der Waals surface area contributed by atoms with Crippen molar-refractivity contribution < 1.29 is 33.6 Å². The number of amides is 2. The van der Waals surface area contributed by atoms with E-state index in [2.05, 4.69) is 20.7 Å². The first kappa shape index (κ1) is 23.5. The highest BCUT2D eigenvalue weighted by molar-refractivity contribution is 5.97. The fraction of sp³-hybridized carbons (Fsp3) is 0.391. The number of phenolic OH excluding ortho intramolecular Hbond substituents is 1. The molecule has 0 atom stereocenters. The second-order valence-corrected chi connectivity index (χ2v) is 7.88. The number of nitrogens with zero attached hydrogens (tertiary/aromatic N) is 2. The molecule has 34 heavy (non-hydrogen) atoms. The summed E-state index contributed by atoms with van der Waals surface area (Å²) in [6.45, 7) is 5.20. The Labute approximate surface area is 197 Å². The molecule has 2 amide bonds. The molecular formula is C23H28N4O7. The zero-order valence-corrected chi connectivity index (χ0v) is 18.9. The standard InChI is InChI=1S/C23H28N4O7/c1-31-19-12-16(13-20-21(19)34-15-33-20)14-27-8-6-26(7-9-27)10-11-32-23(30)25-24-22(29)17-4-2-3-5-18(17)28/h2-5,12-13,28H,6-11,14-15H2,1H3,(H,24,29)(H,25,30). The van der Waals surface area contributed by atoms with E-state index in [1.165, 1.54) is 12.1 Å². The van der Waals surface area contributed by atoms with Crippen LogP contribution in [0.3, 0.4) is 0 Å². The molecule has 1 fully saturated rings. The van der Waals surface area contributed by atoms with Crippen LogP contribution in [-0.4, -0.2) is 80.1 Å². The van der Waals surface area contributed by atoms with Crippen molar-refractivity contribution >= 4 is 12.0 Å². The first-order chi connectivity index (χ1) is 16.5. The van der Waals surface area contributed by atoms with E-state index in [0.29, 0.717) is 23.8 Å². The molecule has 2 aromatic rings. The minimum absolute atomic E-state index is 0.0554. The van der Waals surface area contributed by atoms with E-state index >= 15 is 0 Å². The van der Waals surface area contributed by atoms with Crippen LogP contribution in [0.2, 0.25) is 0 Å². The molecule has 0 bridgehead atoms. The van der Waals surface area contributed by atoms with E-state index in [1.54, 1.807) is 19.2 Å². The van der Waals surface area contributed by atoms with Crippen LogP contribution in [0.4, 0.5) is 4.79 Å². The van der Waals surface area contributed by atoms with Crippen LogP contribution in [0.1, 0.15) is 15.9 Å². The predicted octanol–water partition coefficient (Wildman–Crippen LogP) is 1.32. The molecule has 2 aromatic carbocycles. The number of ether oxygens (including phenoxy) is 4. The number of benzene rings is 2. The summed E-state index contributed by atoms with van der Waals surface area (Å²) >= 11 is 0. The lowest BCUT2D eigenvalue weighted by Crippen LogP contribution is -2.47. The molecule has 2 heterocycles. The molecule has 2 aliphatic heterocycles. The number of carbonyl (C=O) groups is 2. The van der Waals surface area contributed by atoms with Crippen LogP contribution >= 0.6 is 0 Å². The number of aromatic hydroxyl groups is 1. The molecule has 11 nitrogen and oxygen atoms in total. The Hall–Kier alpha value is -3.70. The molecule has 0 aromatic heterocycles. The Kier molecular flexibility index (Phi) is 7.55. The molecule has 4 rings (SSSR count). The highest BCUT2D eigenvalue weighted by Gasteiger charge is 2.22. The largest absolute Gasteiger partial charge is 0.507 e. The van der Waals surface area contributed by atoms with E-state index in [0.717, 1.165) is 38.3 Å². The summed E-state index contributed by atoms with van der Waals surface area (Å²) in [6.07, 6.45) is -0.765. The number of hydrogen-bond donors (Lipinski definition) is 3. The summed E-state index contributed by atoms with van der Waals surface area (Å²) < 4.78 is 21.5. The van der Waals surface area contributed by atoms with Gasteiger partial charge in [0, 0.05) is 39.3 Å². The minimum atomic E-state index is -0.765. The molecule has 182 valence electrons. The van der Waals surface area contributed by atoms with Gasteiger partial charge in [-0.15, -0.1) is 0 Å². The van der Waals surface area contributed by atoms with Gasteiger partial charge in [-0.3, -0.25) is 20.0 Å². The number of para-hydroxylation sites is 1. The Morgan fingerprint density at radius 1 is 1.06 bits per heavy atom. The molecule has 0 aliphatic carbocycles. The van der Waals surface area contributed by atoms with Gasteiger partial charge in [-0.2, -0.15) is 0 Å². The maximum Gasteiger partial charge on any atom is 0.426 e. The van der Waals surface area contributed by atoms with Crippen molar-refractivity contribution in [2.24, 2.45) is 0 Å². The molecule has 0 spiro atoms. The smallest absolute Gasteiger partial charge is 0.426 e. The minimum Gasteiger partial charge on any atom is -0.507 e. The Morgan fingerprint density at radius 2 is 1.82 bits per heavy atom. The lowest BCUT2D eigenvalue weighted by Gasteiger charge is -2.34. The van der Waals surface area contributed by atoms with Crippen LogP contribution in [0.5, 0.6) is 23.0 Å². The van der Waals surface area contributed by atoms with Crippen molar-refractivity contribution in [2.75, 3.05) is 53.2 Å². The van der Waals surface area contributed by atoms with Crippen molar-refractivity contribution in [3.63, 3.8) is 0 Å². The van der Waals surface area contributed by atoms with Crippen molar-refractivity contribution in [2.45, 2.75) is 6.54 Å². The number of hydrogen-bond acceptors (Lipinski definition) is 9. The molecular weight excluding hydrogens is 444 g/mol. The first-order valence-corrected chi connectivity index (χ1v) is 11.0. The molecule has 0 unspecified atom stereocenters. The van der Waals surface area contributed by atoms with Crippen LogP contribution in [0.15, 0.2) is 36.4 Å². The third-order valence-corrected chi connectivity index (χ3v) is 5.66. The fourth-order valence-electron chi connectivity index (χ4n) is 3.85. The van der Waals surface area contributed by atoms with Crippen molar-refractivity contribution in [3.05, 3.63) is 47.5 Å². The Balaban J connectivity index is 1.14. The maximum absolute atomic E-state index is 12.0.